The van der Waals surface area contributed by atoms with Gasteiger partial charge in [-0.2, -0.15) is 0 Å². The average molecular weight is 496 g/mol. The number of aromatic nitrogens is 2. The van der Waals surface area contributed by atoms with Gasteiger partial charge in [-0.25, -0.2) is 9.37 Å². The number of carbonyl (C=O) groups excluding carboxylic acids is 1. The molecule has 4 heterocycles. The van der Waals surface area contributed by atoms with Crippen LogP contribution in [0.1, 0.15) is 62.7 Å². The molecule has 192 valence electrons. The maximum absolute atomic E-state index is 14.5. The van der Waals surface area contributed by atoms with Crippen LogP contribution in [0.25, 0.3) is 5.57 Å². The Labute approximate surface area is 211 Å². The number of hydrogen-bond acceptors (Lipinski definition) is 7. The first-order valence-electron chi connectivity index (χ1n) is 12.3. The molecule has 2 aliphatic rings. The number of pyridine rings is 2. The number of amides is 1. The normalized spacial score (nSPS) is 21.1. The van der Waals surface area contributed by atoms with E-state index in [1.54, 1.807) is 18.5 Å². The largest absolute Gasteiger partial charge is 0.475 e. The van der Waals surface area contributed by atoms with Gasteiger partial charge in [0.05, 0.1) is 25.0 Å². The molecule has 0 radical (unpaired) electrons. The molecule has 2 aromatic rings. The Kier molecular flexibility index (Phi) is 7.51. The molecule has 2 aromatic heterocycles. The van der Waals surface area contributed by atoms with Gasteiger partial charge >= 0.3 is 0 Å². The molecule has 0 aromatic carbocycles. The molecule has 8 nitrogen and oxygen atoms in total. The van der Waals surface area contributed by atoms with Gasteiger partial charge < -0.3 is 14.8 Å². The summed E-state index contributed by atoms with van der Waals surface area (Å²) in [5, 5.41) is 3.21. The first-order valence-corrected chi connectivity index (χ1v) is 12.3. The lowest BCUT2D eigenvalue weighted by Gasteiger charge is -2.45. The van der Waals surface area contributed by atoms with Crippen LogP contribution in [0, 0.1) is 0 Å². The number of nitrogens with one attached hydrogen (secondary N) is 1. The maximum Gasteiger partial charge on any atom is 0.253 e. The lowest BCUT2D eigenvalue weighted by atomic mass is 9.90. The number of hydrogen-bond donors (Lipinski definition) is 1. The Morgan fingerprint density at radius 2 is 1.97 bits per heavy atom. The van der Waals surface area contributed by atoms with Gasteiger partial charge in [0.1, 0.15) is 11.3 Å². The third kappa shape index (κ3) is 5.79. The summed E-state index contributed by atoms with van der Waals surface area (Å²) in [4.78, 5) is 28.9. The topological polar surface area (TPSA) is 88.9 Å². The molecule has 9 heteroatoms. The van der Waals surface area contributed by atoms with Crippen LogP contribution in [-0.2, 0) is 10.4 Å². The van der Waals surface area contributed by atoms with Gasteiger partial charge in [0.15, 0.2) is 0 Å². The van der Waals surface area contributed by atoms with Crippen molar-refractivity contribution in [3.63, 3.8) is 0 Å². The predicted molar refractivity (Wildman–Crippen MR) is 137 cm³/mol. The Morgan fingerprint density at radius 3 is 2.61 bits per heavy atom. The van der Waals surface area contributed by atoms with Gasteiger partial charge in [0.25, 0.3) is 5.91 Å². The molecular formula is C27H34FN5O3. The van der Waals surface area contributed by atoms with E-state index in [-0.39, 0.29) is 17.7 Å². The van der Waals surface area contributed by atoms with Crippen molar-refractivity contribution in [3.8, 4) is 5.88 Å². The van der Waals surface area contributed by atoms with Crippen molar-refractivity contribution >= 4 is 17.7 Å². The monoisotopic (exact) mass is 495 g/mol. The van der Waals surface area contributed by atoms with E-state index >= 15 is 0 Å². The highest BCUT2D eigenvalue weighted by Gasteiger charge is 2.41. The minimum absolute atomic E-state index is 0.0319. The van der Waals surface area contributed by atoms with E-state index in [0.717, 1.165) is 16.8 Å². The van der Waals surface area contributed by atoms with E-state index < -0.39 is 11.3 Å². The third-order valence-corrected chi connectivity index (χ3v) is 6.33. The molecule has 0 bridgehead atoms. The number of aliphatic imine (C=N–C) groups is 1. The zero-order chi connectivity index (χ0) is 25.9. The van der Waals surface area contributed by atoms with Crippen LogP contribution in [0.15, 0.2) is 47.3 Å². The van der Waals surface area contributed by atoms with Gasteiger partial charge in [-0.15, -0.1) is 0 Å². The molecular weight excluding hydrogens is 461 g/mol. The fourth-order valence-electron chi connectivity index (χ4n) is 4.38. The fraction of sp³-hybridized carbons (Fsp3) is 0.481. The Bertz CT molecular complexity index is 1150. The maximum atomic E-state index is 14.5. The molecule has 36 heavy (non-hydrogen) atoms. The molecule has 2 aliphatic heterocycles. The standard InChI is InChI=1S/C27H34FN5O3/c1-18(2)36-24-7-6-21(16-30-24)22-15-27(17-31-19(22)3,33-10-12-35-13-11-33)32-25(34)20-8-9-29-23(14-20)26(4,5)28/h6-9,14,16-18H,10-13,15H2,1-5H3,(H,32,34). The highest BCUT2D eigenvalue weighted by molar-refractivity contribution is 5.98. The first-order chi connectivity index (χ1) is 17.1. The van der Waals surface area contributed by atoms with E-state index in [1.807, 2.05) is 32.9 Å². The van der Waals surface area contributed by atoms with Gasteiger partial charge in [0.2, 0.25) is 5.88 Å². The molecule has 0 aliphatic carbocycles. The van der Waals surface area contributed by atoms with Crippen LogP contribution in [0.4, 0.5) is 4.39 Å². The second kappa shape index (κ2) is 10.4. The smallest absolute Gasteiger partial charge is 0.253 e. The molecule has 1 N–H and O–H groups in total. The number of nitrogens with zero attached hydrogens (tertiary/aromatic N) is 4. The second-order valence-corrected chi connectivity index (χ2v) is 9.93. The van der Waals surface area contributed by atoms with Gasteiger partial charge in [-0.05, 0) is 64.0 Å². The highest BCUT2D eigenvalue weighted by Crippen LogP contribution is 2.35. The van der Waals surface area contributed by atoms with Crippen LogP contribution in [-0.4, -0.2) is 65.1 Å². The number of morpholine rings is 1. The quantitative estimate of drug-likeness (QED) is 0.621. The zero-order valence-corrected chi connectivity index (χ0v) is 21.5. The second-order valence-electron chi connectivity index (χ2n) is 9.93. The van der Waals surface area contributed by atoms with Gasteiger partial charge in [-0.1, -0.05) is 0 Å². The average Bonchev–Trinajstić information content (AvgIpc) is 2.85. The van der Waals surface area contributed by atoms with E-state index in [9.17, 15) is 9.18 Å². The molecule has 1 saturated heterocycles. The van der Waals surface area contributed by atoms with Crippen molar-refractivity contribution in [3.05, 3.63) is 59.2 Å². The van der Waals surface area contributed by atoms with Crippen molar-refractivity contribution in [2.45, 2.75) is 58.5 Å². The van der Waals surface area contributed by atoms with Crippen LogP contribution < -0.4 is 10.1 Å². The van der Waals surface area contributed by atoms with Crippen LogP contribution >= 0.6 is 0 Å². The summed E-state index contributed by atoms with van der Waals surface area (Å²) in [5.74, 6) is 0.238. The van der Waals surface area contributed by atoms with Gasteiger partial charge in [0, 0.05) is 55.4 Å². The van der Waals surface area contributed by atoms with Crippen LogP contribution in [0.5, 0.6) is 5.88 Å². The summed E-state index contributed by atoms with van der Waals surface area (Å²) in [6.45, 7) is 11.1. The highest BCUT2D eigenvalue weighted by atomic mass is 19.1. The van der Waals surface area contributed by atoms with Crippen LogP contribution in [0.2, 0.25) is 0 Å². The van der Waals surface area contributed by atoms with E-state index in [0.29, 0.717) is 44.2 Å². The Balaban J connectivity index is 1.65. The van der Waals surface area contributed by atoms with Crippen molar-refractivity contribution in [2.75, 3.05) is 26.3 Å². The number of halogens is 1. The molecule has 0 saturated carbocycles. The van der Waals surface area contributed by atoms with E-state index in [4.69, 9.17) is 14.5 Å². The number of allylic oxidation sites excluding steroid dienone is 1. The third-order valence-electron chi connectivity index (χ3n) is 6.33. The molecule has 1 amide bonds. The summed E-state index contributed by atoms with van der Waals surface area (Å²) in [6, 6.07) is 6.91. The number of carbonyl (C=O) groups is 1. The summed E-state index contributed by atoms with van der Waals surface area (Å²) >= 11 is 0. The predicted octanol–water partition coefficient (Wildman–Crippen LogP) is 4.13. The van der Waals surface area contributed by atoms with Crippen LogP contribution in [0.3, 0.4) is 0 Å². The summed E-state index contributed by atoms with van der Waals surface area (Å²) in [6.07, 6.45) is 5.57. The SMILES string of the molecule is CC1=C(c2ccc(OC(C)C)nc2)CC(NC(=O)c2ccnc(C(C)(C)F)c2)(N2CCOCC2)C=N1. The number of ether oxygens (including phenoxy) is 2. The lowest BCUT2D eigenvalue weighted by Crippen LogP contribution is -2.65. The van der Waals surface area contributed by atoms with Crippen molar-refractivity contribution in [2.24, 2.45) is 4.99 Å². The number of rotatable bonds is 7. The van der Waals surface area contributed by atoms with Crippen molar-refractivity contribution < 1.29 is 18.7 Å². The van der Waals surface area contributed by atoms with Crippen molar-refractivity contribution in [1.82, 2.24) is 20.2 Å². The minimum atomic E-state index is -1.66. The Hall–Kier alpha value is -3.17. The lowest BCUT2D eigenvalue weighted by molar-refractivity contribution is -0.00621. The Morgan fingerprint density at radius 1 is 1.22 bits per heavy atom. The summed E-state index contributed by atoms with van der Waals surface area (Å²) in [5.41, 5.74) is 0.771. The summed E-state index contributed by atoms with van der Waals surface area (Å²) in [7, 11) is 0. The van der Waals surface area contributed by atoms with E-state index in [2.05, 4.69) is 20.2 Å². The molecule has 4 rings (SSSR count). The van der Waals surface area contributed by atoms with Gasteiger partial charge in [-0.3, -0.25) is 19.7 Å². The zero-order valence-electron chi connectivity index (χ0n) is 21.5. The fourth-order valence-corrected chi connectivity index (χ4v) is 4.38. The summed E-state index contributed by atoms with van der Waals surface area (Å²) < 4.78 is 25.8. The molecule has 0 spiro atoms. The van der Waals surface area contributed by atoms with Crippen molar-refractivity contribution in [1.29, 1.82) is 0 Å². The molecule has 1 unspecified atom stereocenters. The first kappa shape index (κ1) is 25.9. The molecule has 1 atom stereocenters. The molecule has 1 fully saturated rings. The number of alkyl halides is 1. The minimum Gasteiger partial charge on any atom is -0.475 e. The van der Waals surface area contributed by atoms with E-state index in [1.165, 1.54) is 26.1 Å².